The van der Waals surface area contributed by atoms with Crippen LogP contribution in [0.2, 0.25) is 0 Å². The molecule has 1 aliphatic rings. The van der Waals surface area contributed by atoms with Crippen LogP contribution in [0.3, 0.4) is 0 Å². The number of ether oxygens (including phenoxy) is 4. The summed E-state index contributed by atoms with van der Waals surface area (Å²) in [5, 5.41) is 0. The summed E-state index contributed by atoms with van der Waals surface area (Å²) in [5.74, 6) is -1.85. The SMILES string of the molecule is CCOC1(C=O)CCC(OCC)(OCC)CO1. The number of hydrogen-bond acceptors (Lipinski definition) is 5. The Bertz CT molecular complexity index is 225. The summed E-state index contributed by atoms with van der Waals surface area (Å²) in [6, 6.07) is 0. The molecule has 0 aromatic carbocycles. The Morgan fingerprint density at radius 3 is 2.00 bits per heavy atom. The maximum atomic E-state index is 11.1. The van der Waals surface area contributed by atoms with Crippen molar-refractivity contribution < 1.29 is 23.7 Å². The van der Waals surface area contributed by atoms with Crippen molar-refractivity contribution >= 4 is 6.29 Å². The van der Waals surface area contributed by atoms with E-state index in [2.05, 4.69) is 0 Å². The minimum absolute atomic E-state index is 0.216. The molecule has 5 nitrogen and oxygen atoms in total. The van der Waals surface area contributed by atoms with E-state index in [0.29, 0.717) is 32.7 Å². The van der Waals surface area contributed by atoms with Gasteiger partial charge < -0.3 is 18.9 Å². The van der Waals surface area contributed by atoms with Crippen LogP contribution in [0.4, 0.5) is 0 Å². The molecule has 100 valence electrons. The molecule has 0 aliphatic carbocycles. The zero-order valence-electron chi connectivity index (χ0n) is 10.9. The van der Waals surface area contributed by atoms with Crippen LogP contribution in [-0.2, 0) is 23.7 Å². The maximum Gasteiger partial charge on any atom is 0.226 e. The van der Waals surface area contributed by atoms with Crippen molar-refractivity contribution in [3.63, 3.8) is 0 Å². The van der Waals surface area contributed by atoms with Gasteiger partial charge in [-0.15, -0.1) is 0 Å². The van der Waals surface area contributed by atoms with E-state index in [1.165, 1.54) is 0 Å². The fourth-order valence-corrected chi connectivity index (χ4v) is 2.02. The third-order valence-corrected chi connectivity index (χ3v) is 2.77. The van der Waals surface area contributed by atoms with E-state index in [4.69, 9.17) is 18.9 Å². The van der Waals surface area contributed by atoms with Gasteiger partial charge in [-0.1, -0.05) is 0 Å². The number of carbonyl (C=O) groups is 1. The van der Waals surface area contributed by atoms with E-state index in [1.54, 1.807) is 0 Å². The molecule has 0 bridgehead atoms. The molecule has 5 heteroatoms. The van der Waals surface area contributed by atoms with Gasteiger partial charge in [0.25, 0.3) is 0 Å². The van der Waals surface area contributed by atoms with Gasteiger partial charge in [-0.2, -0.15) is 0 Å². The molecule has 0 amide bonds. The lowest BCUT2D eigenvalue weighted by Crippen LogP contribution is -2.53. The number of hydrogen-bond donors (Lipinski definition) is 0. The molecular formula is C12H22O5. The van der Waals surface area contributed by atoms with Crippen LogP contribution in [0.5, 0.6) is 0 Å². The van der Waals surface area contributed by atoms with Crippen LogP contribution < -0.4 is 0 Å². The Morgan fingerprint density at radius 1 is 1.06 bits per heavy atom. The molecule has 0 saturated carbocycles. The van der Waals surface area contributed by atoms with Gasteiger partial charge in [-0.25, -0.2) is 0 Å². The molecular weight excluding hydrogens is 224 g/mol. The van der Waals surface area contributed by atoms with Gasteiger partial charge in [0, 0.05) is 32.7 Å². The third kappa shape index (κ3) is 3.48. The maximum absolute atomic E-state index is 11.1. The van der Waals surface area contributed by atoms with E-state index in [0.717, 1.165) is 6.29 Å². The Labute approximate surface area is 102 Å². The lowest BCUT2D eigenvalue weighted by atomic mass is 10.0. The highest BCUT2D eigenvalue weighted by Crippen LogP contribution is 2.33. The number of rotatable bonds is 7. The standard InChI is InChI=1S/C12H22O5/c1-4-14-11(9-13)7-8-12(10-17-11,15-5-2)16-6-3/h9H,4-8,10H2,1-3H3. The quantitative estimate of drug-likeness (QED) is 0.503. The molecule has 1 atom stereocenters. The molecule has 0 aromatic heterocycles. The fourth-order valence-electron chi connectivity index (χ4n) is 2.02. The second-order valence-corrected chi connectivity index (χ2v) is 3.93. The average Bonchev–Trinajstić information content (AvgIpc) is 2.34. The van der Waals surface area contributed by atoms with Gasteiger partial charge in [0.15, 0.2) is 12.1 Å². The highest BCUT2D eigenvalue weighted by atomic mass is 16.8. The third-order valence-electron chi connectivity index (χ3n) is 2.77. The largest absolute Gasteiger partial charge is 0.348 e. The van der Waals surface area contributed by atoms with E-state index >= 15 is 0 Å². The summed E-state index contributed by atoms with van der Waals surface area (Å²) in [5.41, 5.74) is 0. The lowest BCUT2D eigenvalue weighted by molar-refractivity contribution is -0.334. The Balaban J connectivity index is 2.64. The van der Waals surface area contributed by atoms with Gasteiger partial charge in [-0.05, 0) is 20.8 Å². The number of aldehydes is 1. The molecule has 17 heavy (non-hydrogen) atoms. The topological polar surface area (TPSA) is 54.0 Å². The van der Waals surface area contributed by atoms with E-state index in [-0.39, 0.29) is 6.61 Å². The van der Waals surface area contributed by atoms with Crippen LogP contribution in [0, 0.1) is 0 Å². The first-order valence-corrected chi connectivity index (χ1v) is 6.18. The highest BCUT2D eigenvalue weighted by Gasteiger charge is 2.45. The zero-order valence-corrected chi connectivity index (χ0v) is 10.9. The summed E-state index contributed by atoms with van der Waals surface area (Å²) in [6.07, 6.45) is 1.76. The van der Waals surface area contributed by atoms with Crippen LogP contribution in [0.1, 0.15) is 33.6 Å². The van der Waals surface area contributed by atoms with Crippen molar-refractivity contribution in [3.05, 3.63) is 0 Å². The Morgan fingerprint density at radius 2 is 1.65 bits per heavy atom. The Kier molecular flexibility index (Phi) is 5.52. The van der Waals surface area contributed by atoms with Crippen molar-refractivity contribution in [1.29, 1.82) is 0 Å². The monoisotopic (exact) mass is 246 g/mol. The smallest absolute Gasteiger partial charge is 0.226 e. The van der Waals surface area contributed by atoms with Crippen LogP contribution >= 0.6 is 0 Å². The van der Waals surface area contributed by atoms with Crippen molar-refractivity contribution in [2.24, 2.45) is 0 Å². The summed E-state index contributed by atoms with van der Waals surface area (Å²) in [6.45, 7) is 7.40. The summed E-state index contributed by atoms with van der Waals surface area (Å²) >= 11 is 0. The summed E-state index contributed by atoms with van der Waals surface area (Å²) in [7, 11) is 0. The van der Waals surface area contributed by atoms with Crippen LogP contribution in [-0.4, -0.2) is 44.3 Å². The first kappa shape index (κ1) is 14.6. The molecule has 0 spiro atoms. The fraction of sp³-hybridized carbons (Fsp3) is 0.917. The molecule has 1 rings (SSSR count). The predicted octanol–water partition coefficient (Wildman–Crippen LogP) is 1.50. The molecule has 1 unspecified atom stereocenters. The first-order valence-electron chi connectivity index (χ1n) is 6.18. The summed E-state index contributed by atoms with van der Waals surface area (Å²) in [4.78, 5) is 11.1. The average molecular weight is 246 g/mol. The molecule has 1 heterocycles. The molecule has 1 aliphatic heterocycles. The Hall–Kier alpha value is -0.490. The van der Waals surface area contributed by atoms with Gasteiger partial charge in [0.05, 0.1) is 0 Å². The van der Waals surface area contributed by atoms with Gasteiger partial charge in [-0.3, -0.25) is 4.79 Å². The zero-order chi connectivity index (χ0) is 12.8. The second kappa shape index (κ2) is 6.44. The number of carbonyl (C=O) groups excluding carboxylic acids is 1. The minimum Gasteiger partial charge on any atom is -0.348 e. The van der Waals surface area contributed by atoms with Gasteiger partial charge >= 0.3 is 0 Å². The highest BCUT2D eigenvalue weighted by molar-refractivity contribution is 5.60. The molecule has 0 N–H and O–H groups in total. The molecule has 1 saturated heterocycles. The van der Waals surface area contributed by atoms with Crippen molar-refractivity contribution in [3.8, 4) is 0 Å². The second-order valence-electron chi connectivity index (χ2n) is 3.93. The lowest BCUT2D eigenvalue weighted by Gasteiger charge is -2.42. The first-order chi connectivity index (χ1) is 8.16. The normalized spacial score (nSPS) is 27.9. The molecule has 0 aromatic rings. The van der Waals surface area contributed by atoms with Crippen molar-refractivity contribution in [2.45, 2.75) is 45.2 Å². The van der Waals surface area contributed by atoms with Gasteiger partial charge in [0.1, 0.15) is 6.61 Å². The van der Waals surface area contributed by atoms with Crippen LogP contribution in [0.25, 0.3) is 0 Å². The predicted molar refractivity (Wildman–Crippen MR) is 61.6 cm³/mol. The van der Waals surface area contributed by atoms with Crippen LogP contribution in [0.15, 0.2) is 0 Å². The van der Waals surface area contributed by atoms with E-state index in [1.807, 2.05) is 20.8 Å². The van der Waals surface area contributed by atoms with Crippen molar-refractivity contribution in [1.82, 2.24) is 0 Å². The molecule has 0 radical (unpaired) electrons. The summed E-state index contributed by atoms with van der Waals surface area (Å²) < 4.78 is 22.1. The minimum atomic E-state index is -1.12. The van der Waals surface area contributed by atoms with E-state index < -0.39 is 11.6 Å². The van der Waals surface area contributed by atoms with E-state index in [9.17, 15) is 4.79 Å². The molecule has 1 fully saturated rings. The van der Waals surface area contributed by atoms with Gasteiger partial charge in [0.2, 0.25) is 5.79 Å². The van der Waals surface area contributed by atoms with Crippen molar-refractivity contribution in [2.75, 3.05) is 26.4 Å².